The summed E-state index contributed by atoms with van der Waals surface area (Å²) in [6.07, 6.45) is 4.96. The molecule has 1 unspecified atom stereocenters. The van der Waals surface area contributed by atoms with Crippen LogP contribution in [0.25, 0.3) is 0 Å². The van der Waals surface area contributed by atoms with Gasteiger partial charge in [-0.25, -0.2) is 0 Å². The van der Waals surface area contributed by atoms with Crippen molar-refractivity contribution in [3.8, 4) is 0 Å². The molecule has 0 aromatic heterocycles. The summed E-state index contributed by atoms with van der Waals surface area (Å²) in [6.45, 7) is 15.6. The second-order valence-electron chi connectivity index (χ2n) is 6.86. The van der Waals surface area contributed by atoms with E-state index in [1.165, 1.54) is 0 Å². The summed E-state index contributed by atoms with van der Waals surface area (Å²) < 4.78 is 35.5. The van der Waals surface area contributed by atoms with E-state index in [1.807, 2.05) is 41.5 Å². The highest BCUT2D eigenvalue weighted by Gasteiger charge is 2.40. The summed E-state index contributed by atoms with van der Waals surface area (Å²) in [7, 11) is -5.08. The fraction of sp³-hybridized carbons (Fsp3) is 1.00. The minimum atomic E-state index is -2.55. The molecule has 0 spiro atoms. The quantitative estimate of drug-likeness (QED) is 0.204. The van der Waals surface area contributed by atoms with Crippen LogP contribution < -0.4 is 5.73 Å². The maximum atomic E-state index is 6.36. The number of nitrogens with two attached hydrogens (primary N) is 1. The van der Waals surface area contributed by atoms with Gasteiger partial charge in [-0.3, -0.25) is 0 Å². The van der Waals surface area contributed by atoms with E-state index in [9.17, 15) is 0 Å². The molecule has 0 aromatic carbocycles. The Kier molecular flexibility index (Phi) is 17.9. The Morgan fingerprint density at radius 3 is 1.17 bits per heavy atom. The van der Waals surface area contributed by atoms with Crippen LogP contribution in [-0.4, -0.2) is 63.3 Å². The Morgan fingerprint density at radius 2 is 0.828 bits per heavy atom. The van der Waals surface area contributed by atoms with Gasteiger partial charge in [0.15, 0.2) is 0 Å². The zero-order valence-corrected chi connectivity index (χ0v) is 21.8. The zero-order chi connectivity index (χ0) is 22.0. The maximum Gasteiger partial charge on any atom is 0.500 e. The Bertz CT molecular complexity index is 345. The van der Waals surface area contributed by atoms with Gasteiger partial charge in [0, 0.05) is 57.8 Å². The molecule has 0 aliphatic heterocycles. The molecule has 0 rings (SSSR count). The van der Waals surface area contributed by atoms with Crippen LogP contribution in [0.15, 0.2) is 0 Å². The van der Waals surface area contributed by atoms with Gasteiger partial charge in [0.1, 0.15) is 0 Å². The van der Waals surface area contributed by atoms with E-state index in [0.717, 1.165) is 44.2 Å². The topological polar surface area (TPSA) is 81.4 Å². The first-order chi connectivity index (χ1) is 14.0. The molecule has 29 heavy (non-hydrogen) atoms. The highest BCUT2D eigenvalue weighted by molar-refractivity contribution is 6.61. The second kappa shape index (κ2) is 17.8. The summed E-state index contributed by atoms with van der Waals surface area (Å²) in [5.74, 6) is 0. The highest BCUT2D eigenvalue weighted by Crippen LogP contribution is 2.22. The van der Waals surface area contributed by atoms with E-state index in [0.29, 0.717) is 39.6 Å². The third kappa shape index (κ3) is 12.6. The van der Waals surface area contributed by atoms with Crippen molar-refractivity contribution < 1.29 is 26.6 Å². The van der Waals surface area contributed by atoms with Crippen LogP contribution in [-0.2, 0) is 26.6 Å². The lowest BCUT2D eigenvalue weighted by atomic mass is 10.1. The van der Waals surface area contributed by atoms with E-state index in [-0.39, 0.29) is 6.04 Å². The molecule has 0 radical (unpaired) electrons. The Hall–Kier alpha value is 0.154. The number of unbranched alkanes of at least 4 members (excludes halogenated alkanes) is 1. The molecule has 2 N–H and O–H groups in total. The van der Waals surface area contributed by atoms with Crippen LogP contribution in [0, 0.1) is 0 Å². The molecular weight excluding hydrogens is 406 g/mol. The number of rotatable bonds is 21. The molecule has 0 aliphatic rings. The molecule has 0 aromatic rings. The van der Waals surface area contributed by atoms with Gasteiger partial charge in [0.05, 0.1) is 0 Å². The van der Waals surface area contributed by atoms with Gasteiger partial charge in [-0.15, -0.1) is 0 Å². The van der Waals surface area contributed by atoms with Crippen molar-refractivity contribution in [1.82, 2.24) is 0 Å². The van der Waals surface area contributed by atoms with Crippen molar-refractivity contribution in [2.24, 2.45) is 5.73 Å². The van der Waals surface area contributed by atoms with E-state index >= 15 is 0 Å². The number of hydrogen-bond donors (Lipinski definition) is 1. The van der Waals surface area contributed by atoms with Crippen LogP contribution in [0.2, 0.25) is 12.1 Å². The molecule has 0 bridgehead atoms. The van der Waals surface area contributed by atoms with Gasteiger partial charge in [0.2, 0.25) is 0 Å². The molecular formula is C20H47NO6Si2. The van der Waals surface area contributed by atoms with Gasteiger partial charge in [-0.1, -0.05) is 6.42 Å². The molecule has 0 amide bonds. The molecule has 0 heterocycles. The monoisotopic (exact) mass is 453 g/mol. The Labute approximate surface area is 181 Å². The molecule has 176 valence electrons. The van der Waals surface area contributed by atoms with Crippen LogP contribution in [0.3, 0.4) is 0 Å². The van der Waals surface area contributed by atoms with Crippen LogP contribution in [0.1, 0.15) is 73.6 Å². The summed E-state index contributed by atoms with van der Waals surface area (Å²) in [5, 5.41) is 0. The van der Waals surface area contributed by atoms with Crippen molar-refractivity contribution in [1.29, 1.82) is 0 Å². The molecule has 1 atom stereocenters. The maximum absolute atomic E-state index is 6.36. The first kappa shape index (κ1) is 29.2. The van der Waals surface area contributed by atoms with E-state index in [2.05, 4.69) is 0 Å². The predicted molar refractivity (Wildman–Crippen MR) is 122 cm³/mol. The molecule has 7 nitrogen and oxygen atoms in total. The summed E-state index contributed by atoms with van der Waals surface area (Å²) >= 11 is 0. The van der Waals surface area contributed by atoms with E-state index in [4.69, 9.17) is 32.3 Å². The summed E-state index contributed by atoms with van der Waals surface area (Å²) in [4.78, 5) is 0. The normalized spacial score (nSPS) is 13.8. The average molecular weight is 454 g/mol. The van der Waals surface area contributed by atoms with Gasteiger partial charge in [-0.2, -0.15) is 0 Å². The van der Waals surface area contributed by atoms with E-state index in [1.54, 1.807) is 0 Å². The van der Waals surface area contributed by atoms with Crippen molar-refractivity contribution >= 4 is 17.6 Å². The fourth-order valence-electron chi connectivity index (χ4n) is 3.48. The van der Waals surface area contributed by atoms with Crippen molar-refractivity contribution in [3.63, 3.8) is 0 Å². The van der Waals surface area contributed by atoms with Crippen LogP contribution >= 0.6 is 0 Å². The van der Waals surface area contributed by atoms with Crippen LogP contribution in [0.4, 0.5) is 0 Å². The minimum Gasteiger partial charge on any atom is -0.374 e. The summed E-state index contributed by atoms with van der Waals surface area (Å²) in [5.41, 5.74) is 6.36. The molecule has 0 aliphatic carbocycles. The van der Waals surface area contributed by atoms with Crippen molar-refractivity contribution in [2.45, 2.75) is 91.8 Å². The predicted octanol–water partition coefficient (Wildman–Crippen LogP) is 4.36. The van der Waals surface area contributed by atoms with Gasteiger partial charge >= 0.3 is 17.6 Å². The minimum absolute atomic E-state index is 0.175. The second-order valence-corrected chi connectivity index (χ2v) is 12.3. The van der Waals surface area contributed by atoms with Gasteiger partial charge in [0.25, 0.3) is 0 Å². The van der Waals surface area contributed by atoms with E-state index < -0.39 is 17.6 Å². The highest BCUT2D eigenvalue weighted by atomic mass is 28.4. The lowest BCUT2D eigenvalue weighted by molar-refractivity contribution is 0.0694. The molecule has 0 fully saturated rings. The molecule has 9 heteroatoms. The third-order valence-electron chi connectivity index (χ3n) is 4.55. The summed E-state index contributed by atoms with van der Waals surface area (Å²) in [6, 6.07) is 1.85. The third-order valence-corrected chi connectivity index (χ3v) is 10.9. The first-order valence-electron chi connectivity index (χ1n) is 11.6. The van der Waals surface area contributed by atoms with Crippen LogP contribution in [0.5, 0.6) is 0 Å². The first-order valence-corrected chi connectivity index (χ1v) is 15.4. The smallest absolute Gasteiger partial charge is 0.374 e. The standard InChI is InChI=1S/C20H47NO6Si2/c1-7-22-28(23-8-2,24-9-3)18-14-13-16-20(21)17-15-19-29(25-10-4,26-11-5)27-12-6/h20H,7-19,21H2,1-6H3. The number of hydrogen-bond acceptors (Lipinski definition) is 7. The molecule has 0 saturated carbocycles. The van der Waals surface area contributed by atoms with Crippen molar-refractivity contribution in [2.75, 3.05) is 39.6 Å². The van der Waals surface area contributed by atoms with Crippen molar-refractivity contribution in [3.05, 3.63) is 0 Å². The SMILES string of the molecule is CCO[Si](CCCCC(N)CCC[Si](OCC)(OCC)OCC)(OCC)OCC. The Balaban J connectivity index is 4.35. The lowest BCUT2D eigenvalue weighted by Crippen LogP contribution is -2.46. The average Bonchev–Trinajstić information content (AvgIpc) is 2.67. The van der Waals surface area contributed by atoms with Gasteiger partial charge in [-0.05, 0) is 67.2 Å². The Morgan fingerprint density at radius 1 is 0.517 bits per heavy atom. The largest absolute Gasteiger partial charge is 0.500 e. The zero-order valence-electron chi connectivity index (χ0n) is 19.8. The van der Waals surface area contributed by atoms with Gasteiger partial charge < -0.3 is 32.3 Å². The molecule has 0 saturated heterocycles. The lowest BCUT2D eigenvalue weighted by Gasteiger charge is -2.29. The fourth-order valence-corrected chi connectivity index (χ4v) is 8.80.